The van der Waals surface area contributed by atoms with Crippen LogP contribution in [0.3, 0.4) is 0 Å². The van der Waals surface area contributed by atoms with Gasteiger partial charge in [0.2, 0.25) is 0 Å². The van der Waals surface area contributed by atoms with Gasteiger partial charge >= 0.3 is 0 Å². The molecule has 4 aromatic rings. The van der Waals surface area contributed by atoms with E-state index in [1.54, 1.807) is 11.3 Å². The fraction of sp³-hybridized carbons (Fsp3) is 0.227. The predicted octanol–water partition coefficient (Wildman–Crippen LogP) is 4.20. The van der Waals surface area contributed by atoms with Gasteiger partial charge in [0.15, 0.2) is 0 Å². The first-order chi connectivity index (χ1) is 14.2. The van der Waals surface area contributed by atoms with Crippen LogP contribution in [0.15, 0.2) is 54.9 Å². The topological polar surface area (TPSA) is 79.9 Å². The lowest BCUT2D eigenvalue weighted by Gasteiger charge is -2.07. The van der Waals surface area contributed by atoms with E-state index < -0.39 is 0 Å². The number of aromatic amines is 1. The van der Waals surface area contributed by atoms with Crippen LogP contribution >= 0.6 is 11.3 Å². The third kappa shape index (κ3) is 4.14. The summed E-state index contributed by atoms with van der Waals surface area (Å²) in [5, 5.41) is 10.9. The van der Waals surface area contributed by atoms with Gasteiger partial charge in [-0.25, -0.2) is 4.98 Å². The Kier molecular flexibility index (Phi) is 4.73. The lowest BCUT2D eigenvalue weighted by molar-refractivity contribution is 0.0951. The maximum atomic E-state index is 12.0. The number of H-pyrrole nitrogens is 1. The summed E-state index contributed by atoms with van der Waals surface area (Å²) < 4.78 is 7.00. The minimum atomic E-state index is -0.0108. The molecule has 0 atom stereocenters. The van der Waals surface area contributed by atoms with Gasteiger partial charge in [-0.15, -0.1) is 11.3 Å². The second kappa shape index (κ2) is 7.67. The Balaban J connectivity index is 1.19. The Morgan fingerprint density at radius 2 is 2.03 bits per heavy atom. The molecule has 5 rings (SSSR count). The number of rotatable bonds is 7. The van der Waals surface area contributed by atoms with Crippen LogP contribution in [0.25, 0.3) is 21.3 Å². The number of thiazole rings is 1. The predicted molar refractivity (Wildman–Crippen MR) is 113 cm³/mol. The third-order valence-electron chi connectivity index (χ3n) is 4.88. The first kappa shape index (κ1) is 17.9. The summed E-state index contributed by atoms with van der Waals surface area (Å²) in [6.45, 7) is 0.544. The van der Waals surface area contributed by atoms with Crippen molar-refractivity contribution in [3.63, 3.8) is 0 Å². The van der Waals surface area contributed by atoms with Crippen molar-refractivity contribution in [1.82, 2.24) is 20.5 Å². The summed E-state index contributed by atoms with van der Waals surface area (Å²) in [5.41, 5.74) is 3.87. The number of aromatic nitrogens is 3. The molecule has 2 aromatic carbocycles. The molecule has 1 saturated carbocycles. The summed E-state index contributed by atoms with van der Waals surface area (Å²) in [4.78, 5) is 16.7. The maximum absolute atomic E-state index is 12.0. The highest BCUT2D eigenvalue weighted by Gasteiger charge is 2.23. The molecule has 1 fully saturated rings. The zero-order valence-corrected chi connectivity index (χ0v) is 16.5. The van der Waals surface area contributed by atoms with Gasteiger partial charge < -0.3 is 10.1 Å². The van der Waals surface area contributed by atoms with Crippen molar-refractivity contribution in [2.24, 2.45) is 0 Å². The molecule has 0 bridgehead atoms. The zero-order chi connectivity index (χ0) is 19.6. The summed E-state index contributed by atoms with van der Waals surface area (Å²) in [6.07, 6.45) is 6.62. The van der Waals surface area contributed by atoms with Gasteiger partial charge in [0, 0.05) is 29.8 Å². The molecule has 0 spiro atoms. The van der Waals surface area contributed by atoms with Gasteiger partial charge in [0.1, 0.15) is 5.75 Å². The number of ether oxygens (including phenoxy) is 1. The minimum absolute atomic E-state index is 0.0108. The van der Waals surface area contributed by atoms with Crippen LogP contribution in [0.2, 0.25) is 0 Å². The molecule has 29 heavy (non-hydrogen) atoms. The molecule has 0 unspecified atom stereocenters. The highest BCUT2D eigenvalue weighted by atomic mass is 32.1. The van der Waals surface area contributed by atoms with Crippen LogP contribution in [0.5, 0.6) is 5.75 Å². The molecule has 2 aromatic heterocycles. The standard InChI is InChI=1S/C22H20N4O2S/c27-22(25-17-4-5-17)14-1-6-18(7-2-14)28-10-9-21-26-19-8-3-15(11-20(19)29-21)16-12-23-24-13-16/h1-3,6-8,11-13,17H,4-5,9-10H2,(H,23,24)(H,25,27). The molecular weight excluding hydrogens is 384 g/mol. The lowest BCUT2D eigenvalue weighted by atomic mass is 10.1. The Labute approximate surface area is 171 Å². The molecule has 0 aliphatic heterocycles. The van der Waals surface area contributed by atoms with Gasteiger partial charge in [0.05, 0.1) is 28.0 Å². The van der Waals surface area contributed by atoms with Crippen molar-refractivity contribution in [3.05, 3.63) is 65.4 Å². The van der Waals surface area contributed by atoms with E-state index in [-0.39, 0.29) is 5.91 Å². The van der Waals surface area contributed by atoms with Crippen molar-refractivity contribution < 1.29 is 9.53 Å². The maximum Gasteiger partial charge on any atom is 0.251 e. The number of nitrogens with zero attached hydrogens (tertiary/aromatic N) is 2. The molecule has 2 N–H and O–H groups in total. The first-order valence-corrected chi connectivity index (χ1v) is 10.5. The summed E-state index contributed by atoms with van der Waals surface area (Å²) in [5.74, 6) is 0.750. The summed E-state index contributed by atoms with van der Waals surface area (Å²) in [7, 11) is 0. The monoisotopic (exact) mass is 404 g/mol. The average Bonchev–Trinajstić information content (AvgIpc) is 3.22. The fourth-order valence-corrected chi connectivity index (χ4v) is 4.11. The number of benzene rings is 2. The number of nitrogens with one attached hydrogen (secondary N) is 2. The van der Waals surface area contributed by atoms with E-state index >= 15 is 0 Å². The second-order valence-corrected chi connectivity index (χ2v) is 8.26. The van der Waals surface area contributed by atoms with E-state index in [9.17, 15) is 4.79 Å². The molecule has 0 radical (unpaired) electrons. The Hall–Kier alpha value is -3.19. The molecule has 146 valence electrons. The summed E-state index contributed by atoms with van der Waals surface area (Å²) in [6, 6.07) is 13.9. The van der Waals surface area contributed by atoms with Crippen LogP contribution in [-0.4, -0.2) is 33.7 Å². The van der Waals surface area contributed by atoms with Gasteiger partial charge in [-0.1, -0.05) is 6.07 Å². The number of fused-ring (bicyclic) bond motifs is 1. The second-order valence-electron chi connectivity index (χ2n) is 7.15. The molecule has 7 heteroatoms. The molecule has 6 nitrogen and oxygen atoms in total. The average molecular weight is 404 g/mol. The SMILES string of the molecule is O=C(NC1CC1)c1ccc(OCCc2nc3ccc(-c4cn[nH]c4)cc3s2)cc1. The van der Waals surface area contributed by atoms with E-state index in [0.29, 0.717) is 18.2 Å². The van der Waals surface area contributed by atoms with E-state index in [0.717, 1.165) is 51.4 Å². The van der Waals surface area contributed by atoms with Crippen LogP contribution in [0.1, 0.15) is 28.2 Å². The van der Waals surface area contributed by atoms with Crippen molar-refractivity contribution >= 4 is 27.5 Å². The molecule has 0 saturated heterocycles. The number of hydrogen-bond acceptors (Lipinski definition) is 5. The highest BCUT2D eigenvalue weighted by molar-refractivity contribution is 7.18. The van der Waals surface area contributed by atoms with Crippen LogP contribution < -0.4 is 10.1 Å². The quantitative estimate of drug-likeness (QED) is 0.484. The van der Waals surface area contributed by atoms with Gasteiger partial charge in [-0.3, -0.25) is 9.89 Å². The fourth-order valence-electron chi connectivity index (χ4n) is 3.12. The molecule has 1 aliphatic carbocycles. The van der Waals surface area contributed by atoms with Crippen molar-refractivity contribution in [3.8, 4) is 16.9 Å². The molecule has 2 heterocycles. The van der Waals surface area contributed by atoms with E-state index in [1.165, 1.54) is 0 Å². The molecule has 1 aliphatic rings. The van der Waals surface area contributed by atoms with Gasteiger partial charge in [-0.05, 0) is 54.8 Å². The minimum Gasteiger partial charge on any atom is -0.493 e. The van der Waals surface area contributed by atoms with Crippen molar-refractivity contribution in [2.45, 2.75) is 25.3 Å². The number of hydrogen-bond donors (Lipinski definition) is 2. The van der Waals surface area contributed by atoms with Gasteiger partial charge in [-0.2, -0.15) is 5.10 Å². The van der Waals surface area contributed by atoms with E-state index in [4.69, 9.17) is 9.72 Å². The zero-order valence-electron chi connectivity index (χ0n) is 15.7. The molecular formula is C22H20N4O2S. The number of amides is 1. The lowest BCUT2D eigenvalue weighted by Crippen LogP contribution is -2.25. The normalized spacial score (nSPS) is 13.5. The van der Waals surface area contributed by atoms with Crippen LogP contribution in [-0.2, 0) is 6.42 Å². The van der Waals surface area contributed by atoms with Crippen molar-refractivity contribution in [1.29, 1.82) is 0 Å². The Morgan fingerprint density at radius 1 is 1.17 bits per heavy atom. The van der Waals surface area contributed by atoms with E-state index in [2.05, 4.69) is 27.6 Å². The third-order valence-corrected chi connectivity index (χ3v) is 5.96. The largest absolute Gasteiger partial charge is 0.493 e. The number of carbonyl (C=O) groups excluding carboxylic acids is 1. The highest BCUT2D eigenvalue weighted by Crippen LogP contribution is 2.28. The van der Waals surface area contributed by atoms with Crippen LogP contribution in [0, 0.1) is 0 Å². The summed E-state index contributed by atoms with van der Waals surface area (Å²) >= 11 is 1.69. The Morgan fingerprint density at radius 3 is 2.79 bits per heavy atom. The Bertz CT molecular complexity index is 1130. The number of carbonyl (C=O) groups is 1. The first-order valence-electron chi connectivity index (χ1n) is 9.67. The van der Waals surface area contributed by atoms with Crippen LogP contribution in [0.4, 0.5) is 0 Å². The van der Waals surface area contributed by atoms with Gasteiger partial charge in [0.25, 0.3) is 5.91 Å². The van der Waals surface area contributed by atoms with E-state index in [1.807, 2.05) is 42.7 Å². The molecule has 1 amide bonds. The van der Waals surface area contributed by atoms with Crippen molar-refractivity contribution in [2.75, 3.05) is 6.61 Å². The smallest absolute Gasteiger partial charge is 0.251 e.